The average molecular weight is 269 g/mol. The summed E-state index contributed by atoms with van der Waals surface area (Å²) in [6.07, 6.45) is 2.82. The van der Waals surface area contributed by atoms with E-state index in [2.05, 4.69) is 41.4 Å². The summed E-state index contributed by atoms with van der Waals surface area (Å²) in [6, 6.07) is 10.6. The second kappa shape index (κ2) is 5.80. The van der Waals surface area contributed by atoms with Crippen molar-refractivity contribution in [3.8, 4) is 0 Å². The monoisotopic (exact) mass is 269 g/mol. The smallest absolute Gasteiger partial charge is 0.130 e. The summed E-state index contributed by atoms with van der Waals surface area (Å²) in [5, 5.41) is 4.47. The lowest BCUT2D eigenvalue weighted by molar-refractivity contribution is 0.268. The van der Waals surface area contributed by atoms with Crippen LogP contribution < -0.4 is 5.32 Å². The number of para-hydroxylation sites is 1. The Bertz CT molecular complexity index is 590. The summed E-state index contributed by atoms with van der Waals surface area (Å²) in [6.45, 7) is 5.57. The zero-order chi connectivity index (χ0) is 13.9. The molecule has 1 saturated carbocycles. The van der Waals surface area contributed by atoms with Crippen LogP contribution in [-0.2, 0) is 6.54 Å². The molecule has 0 unspecified atom stereocenters. The molecule has 1 aliphatic carbocycles. The molecular weight excluding hydrogens is 246 g/mol. The van der Waals surface area contributed by atoms with Gasteiger partial charge in [-0.05, 0) is 37.4 Å². The second-order valence-corrected chi connectivity index (χ2v) is 5.71. The Kier molecular flexibility index (Phi) is 3.88. The van der Waals surface area contributed by atoms with E-state index in [1.165, 1.54) is 30.3 Å². The highest BCUT2D eigenvalue weighted by Crippen LogP contribution is 2.30. The lowest BCUT2D eigenvalue weighted by Gasteiger charge is -2.21. The molecule has 0 atom stereocenters. The van der Waals surface area contributed by atoms with Gasteiger partial charge in [-0.25, -0.2) is 4.98 Å². The Hall–Kier alpha value is -1.61. The molecule has 1 aliphatic rings. The van der Waals surface area contributed by atoms with Crippen LogP contribution in [0.3, 0.4) is 0 Å². The molecular formula is C17H23N3. The number of pyridine rings is 1. The summed E-state index contributed by atoms with van der Waals surface area (Å²) in [7, 11) is 1.96. The third kappa shape index (κ3) is 2.93. The van der Waals surface area contributed by atoms with Crippen molar-refractivity contribution in [2.45, 2.75) is 26.3 Å². The topological polar surface area (TPSA) is 28.2 Å². The van der Waals surface area contributed by atoms with Crippen LogP contribution >= 0.6 is 0 Å². The molecule has 2 aromatic rings. The third-order valence-corrected chi connectivity index (χ3v) is 4.09. The molecule has 0 radical (unpaired) electrons. The van der Waals surface area contributed by atoms with Crippen molar-refractivity contribution in [3.63, 3.8) is 0 Å². The molecule has 0 bridgehead atoms. The fourth-order valence-corrected chi connectivity index (χ4v) is 2.71. The quantitative estimate of drug-likeness (QED) is 0.870. The summed E-state index contributed by atoms with van der Waals surface area (Å²) in [4.78, 5) is 7.27. The first-order chi connectivity index (χ1) is 9.80. The third-order valence-electron chi connectivity index (χ3n) is 4.09. The van der Waals surface area contributed by atoms with Crippen LogP contribution in [0.2, 0.25) is 0 Å². The van der Waals surface area contributed by atoms with Crippen LogP contribution in [0.4, 0.5) is 5.82 Å². The highest BCUT2D eigenvalue weighted by Gasteiger charge is 2.24. The Morgan fingerprint density at radius 1 is 1.30 bits per heavy atom. The van der Waals surface area contributed by atoms with Crippen molar-refractivity contribution in [2.75, 3.05) is 25.5 Å². The number of hydrogen-bond acceptors (Lipinski definition) is 3. The molecule has 1 aromatic heterocycles. The fourth-order valence-electron chi connectivity index (χ4n) is 2.71. The van der Waals surface area contributed by atoms with Crippen molar-refractivity contribution in [3.05, 3.63) is 35.9 Å². The number of fused-ring (bicyclic) bond motifs is 1. The van der Waals surface area contributed by atoms with Crippen LogP contribution in [-0.4, -0.2) is 30.0 Å². The van der Waals surface area contributed by atoms with Crippen LogP contribution in [0.15, 0.2) is 30.3 Å². The molecule has 0 amide bonds. The lowest BCUT2D eigenvalue weighted by atomic mass is 10.1. The maximum absolute atomic E-state index is 4.74. The maximum Gasteiger partial charge on any atom is 0.130 e. The fraction of sp³-hybridized carbons (Fsp3) is 0.471. The van der Waals surface area contributed by atoms with E-state index in [1.807, 2.05) is 13.1 Å². The Balaban J connectivity index is 1.87. The van der Waals surface area contributed by atoms with E-state index >= 15 is 0 Å². The number of rotatable bonds is 6. The second-order valence-electron chi connectivity index (χ2n) is 5.71. The average Bonchev–Trinajstić information content (AvgIpc) is 3.29. The molecule has 0 saturated heterocycles. The highest BCUT2D eigenvalue weighted by molar-refractivity contribution is 5.81. The van der Waals surface area contributed by atoms with Crippen molar-refractivity contribution in [2.24, 2.45) is 5.92 Å². The van der Waals surface area contributed by atoms with Gasteiger partial charge in [0.25, 0.3) is 0 Å². The maximum atomic E-state index is 4.74. The largest absolute Gasteiger partial charge is 0.373 e. The van der Waals surface area contributed by atoms with Gasteiger partial charge >= 0.3 is 0 Å². The number of anilines is 1. The van der Waals surface area contributed by atoms with E-state index in [0.717, 1.165) is 30.3 Å². The van der Waals surface area contributed by atoms with E-state index in [1.54, 1.807) is 0 Å². The van der Waals surface area contributed by atoms with Crippen molar-refractivity contribution < 1.29 is 0 Å². The minimum Gasteiger partial charge on any atom is -0.373 e. The molecule has 3 nitrogen and oxygen atoms in total. The van der Waals surface area contributed by atoms with Crippen molar-refractivity contribution >= 4 is 16.7 Å². The van der Waals surface area contributed by atoms with Gasteiger partial charge in [0.05, 0.1) is 5.52 Å². The standard InChI is InChI=1S/C17H23N3/c1-3-20(11-13-8-9-13)12-15-10-14-6-4-5-7-16(14)19-17(15)18-2/h4-7,10,13H,3,8-9,11-12H2,1-2H3,(H,18,19). The lowest BCUT2D eigenvalue weighted by Crippen LogP contribution is -2.25. The minimum absolute atomic E-state index is 0.932. The van der Waals surface area contributed by atoms with Crippen LogP contribution in [0.25, 0.3) is 10.9 Å². The molecule has 106 valence electrons. The van der Waals surface area contributed by atoms with Gasteiger partial charge in [0.1, 0.15) is 5.82 Å². The Morgan fingerprint density at radius 3 is 2.80 bits per heavy atom. The van der Waals surface area contributed by atoms with Gasteiger partial charge in [0, 0.05) is 31.1 Å². The summed E-state index contributed by atoms with van der Waals surface area (Å²) in [5.74, 6) is 1.94. The van der Waals surface area contributed by atoms with Gasteiger partial charge < -0.3 is 5.32 Å². The molecule has 1 fully saturated rings. The van der Waals surface area contributed by atoms with Crippen LogP contribution in [0, 0.1) is 5.92 Å². The van der Waals surface area contributed by atoms with Crippen molar-refractivity contribution in [1.29, 1.82) is 0 Å². The predicted octanol–water partition coefficient (Wildman–Crippen LogP) is 3.51. The molecule has 0 aliphatic heterocycles. The Labute approximate surface area is 121 Å². The first kappa shape index (κ1) is 13.4. The molecule has 3 rings (SSSR count). The zero-order valence-electron chi connectivity index (χ0n) is 12.4. The first-order valence-corrected chi connectivity index (χ1v) is 7.59. The van der Waals surface area contributed by atoms with Crippen LogP contribution in [0.1, 0.15) is 25.3 Å². The number of aromatic nitrogens is 1. The van der Waals surface area contributed by atoms with E-state index in [0.29, 0.717) is 0 Å². The van der Waals surface area contributed by atoms with E-state index < -0.39 is 0 Å². The first-order valence-electron chi connectivity index (χ1n) is 7.59. The van der Waals surface area contributed by atoms with Crippen molar-refractivity contribution in [1.82, 2.24) is 9.88 Å². The zero-order valence-corrected chi connectivity index (χ0v) is 12.4. The molecule has 1 N–H and O–H groups in total. The highest BCUT2D eigenvalue weighted by atomic mass is 15.1. The van der Waals surface area contributed by atoms with Gasteiger partial charge in [-0.1, -0.05) is 25.1 Å². The molecule has 1 heterocycles. The van der Waals surface area contributed by atoms with E-state index in [9.17, 15) is 0 Å². The summed E-state index contributed by atoms with van der Waals surface area (Å²) >= 11 is 0. The van der Waals surface area contributed by atoms with E-state index in [-0.39, 0.29) is 0 Å². The number of hydrogen-bond donors (Lipinski definition) is 1. The van der Waals surface area contributed by atoms with Crippen LogP contribution in [0.5, 0.6) is 0 Å². The predicted molar refractivity (Wildman–Crippen MR) is 85.0 cm³/mol. The normalized spacial score (nSPS) is 14.9. The van der Waals surface area contributed by atoms with Gasteiger partial charge in [-0.2, -0.15) is 0 Å². The number of nitrogens with zero attached hydrogens (tertiary/aromatic N) is 2. The molecule has 3 heteroatoms. The van der Waals surface area contributed by atoms with Gasteiger partial charge in [-0.3, -0.25) is 4.90 Å². The molecule has 0 spiro atoms. The Morgan fingerprint density at radius 2 is 2.10 bits per heavy atom. The number of nitrogens with one attached hydrogen (secondary N) is 1. The van der Waals surface area contributed by atoms with Gasteiger partial charge in [0.15, 0.2) is 0 Å². The molecule has 20 heavy (non-hydrogen) atoms. The SMILES string of the molecule is CCN(Cc1cc2ccccc2nc1NC)CC1CC1. The minimum atomic E-state index is 0.932. The number of benzene rings is 1. The summed E-state index contributed by atoms with van der Waals surface area (Å²) < 4.78 is 0. The van der Waals surface area contributed by atoms with Gasteiger partial charge in [-0.15, -0.1) is 0 Å². The molecule has 1 aromatic carbocycles. The summed E-state index contributed by atoms with van der Waals surface area (Å²) in [5.41, 5.74) is 2.36. The van der Waals surface area contributed by atoms with Gasteiger partial charge in [0.2, 0.25) is 0 Å². The van der Waals surface area contributed by atoms with E-state index in [4.69, 9.17) is 4.98 Å².